The first kappa shape index (κ1) is 40.1. The lowest BCUT2D eigenvalue weighted by Gasteiger charge is -2.33. The average molecular weight is 940 g/mol. The molecule has 13 heteroatoms. The Kier molecular flexibility index (Phi) is 26.5. The van der Waals surface area contributed by atoms with Gasteiger partial charge in [-0.15, -0.1) is 0 Å². The molecule has 4 atom stereocenters. The van der Waals surface area contributed by atoms with Crippen molar-refractivity contribution >= 4 is 105 Å². The summed E-state index contributed by atoms with van der Waals surface area (Å²) in [6, 6.07) is 0. The van der Waals surface area contributed by atoms with Gasteiger partial charge in [0.15, 0.2) is 9.03 Å². The summed E-state index contributed by atoms with van der Waals surface area (Å²) in [4.78, 5) is 0.848. The molecule has 0 saturated heterocycles. The van der Waals surface area contributed by atoms with Crippen LogP contribution in [0.5, 0.6) is 0 Å². The van der Waals surface area contributed by atoms with Gasteiger partial charge < -0.3 is 28.0 Å². The fourth-order valence-electron chi connectivity index (χ4n) is 3.57. The molecule has 0 aromatic carbocycles. The SMILES string of the molecule is CCOCC(Br)CC(Br)(COPOCC(Br)(CC(Br)COCC)CC(Br)COCC)CC(Br)COCC. The zero-order valence-electron chi connectivity index (χ0n) is 22.4. The lowest BCUT2D eigenvalue weighted by molar-refractivity contribution is 0.131. The minimum absolute atomic E-state index is 0.0765. The van der Waals surface area contributed by atoms with Crippen molar-refractivity contribution in [1.29, 1.82) is 0 Å². The standard InChI is InChI=1S/C24H45Br6O6P/c1-5-31-13-19(25)9-23(29,10-20(26)14-32-6-2)17-35-37-36-18-24(30,11-21(27)15-33-7-3)12-22(28)16-34-8-4/h19-22,37H,5-18H2,1-4H3. The average Bonchev–Trinajstić information content (AvgIpc) is 2.83. The Labute approximate surface area is 277 Å². The van der Waals surface area contributed by atoms with Crippen LogP contribution in [0.15, 0.2) is 0 Å². The zero-order chi connectivity index (χ0) is 28.2. The van der Waals surface area contributed by atoms with Gasteiger partial charge in [-0.1, -0.05) is 95.6 Å². The minimum atomic E-state index is -0.248. The molecule has 0 fully saturated rings. The second-order valence-corrected chi connectivity index (χ2v) is 18.1. The van der Waals surface area contributed by atoms with E-state index >= 15 is 0 Å². The third-order valence-corrected chi connectivity index (χ3v) is 9.77. The molecule has 0 rings (SSSR count). The minimum Gasteiger partial charge on any atom is -0.381 e. The van der Waals surface area contributed by atoms with Gasteiger partial charge in [0.25, 0.3) is 0 Å². The molecule has 0 spiro atoms. The molecule has 0 N–H and O–H groups in total. The molecule has 0 radical (unpaired) electrons. The summed E-state index contributed by atoms with van der Waals surface area (Å²) in [5.41, 5.74) is 0. The Bertz CT molecular complexity index is 466. The van der Waals surface area contributed by atoms with E-state index in [0.29, 0.717) is 66.1 Å². The van der Waals surface area contributed by atoms with Crippen LogP contribution in [0.25, 0.3) is 0 Å². The maximum Gasteiger partial charge on any atom is 0.155 e. The number of ether oxygens (including phenoxy) is 4. The second kappa shape index (κ2) is 24.5. The van der Waals surface area contributed by atoms with Gasteiger partial charge >= 0.3 is 0 Å². The molecular formula is C24H45Br6O6P. The fraction of sp³-hybridized carbons (Fsp3) is 1.00. The van der Waals surface area contributed by atoms with E-state index in [1.54, 1.807) is 0 Å². The summed E-state index contributed by atoms with van der Waals surface area (Å²) in [7, 11) is -0.0765. The molecule has 0 aliphatic heterocycles. The van der Waals surface area contributed by atoms with Gasteiger partial charge in [0.1, 0.15) is 0 Å². The molecule has 0 saturated carbocycles. The number of hydrogen-bond donors (Lipinski definition) is 0. The first-order valence-electron chi connectivity index (χ1n) is 12.8. The lowest BCUT2D eigenvalue weighted by atomic mass is 9.98. The van der Waals surface area contributed by atoms with Crippen molar-refractivity contribution < 1.29 is 28.0 Å². The van der Waals surface area contributed by atoms with Crippen molar-refractivity contribution in [2.45, 2.75) is 81.3 Å². The van der Waals surface area contributed by atoms with Crippen LogP contribution in [0.4, 0.5) is 0 Å². The number of hydrogen-bond acceptors (Lipinski definition) is 6. The van der Waals surface area contributed by atoms with E-state index in [1.807, 2.05) is 27.7 Å². The summed E-state index contributed by atoms with van der Waals surface area (Å²) in [6.45, 7) is 14.4. The molecular weight excluding hydrogens is 895 g/mol. The highest BCUT2D eigenvalue weighted by molar-refractivity contribution is 9.11. The van der Waals surface area contributed by atoms with Gasteiger partial charge in [0.05, 0.1) is 48.3 Å². The Balaban J connectivity index is 4.99. The predicted molar refractivity (Wildman–Crippen MR) is 179 cm³/mol. The van der Waals surface area contributed by atoms with E-state index in [-0.39, 0.29) is 37.0 Å². The van der Waals surface area contributed by atoms with Crippen molar-refractivity contribution in [2.75, 3.05) is 66.1 Å². The summed E-state index contributed by atoms with van der Waals surface area (Å²) in [5, 5.41) is 0. The van der Waals surface area contributed by atoms with Crippen LogP contribution in [0.3, 0.4) is 0 Å². The van der Waals surface area contributed by atoms with E-state index in [0.717, 1.165) is 25.7 Å². The van der Waals surface area contributed by atoms with Crippen LogP contribution < -0.4 is 0 Å². The molecule has 0 aromatic heterocycles. The molecule has 0 amide bonds. The van der Waals surface area contributed by atoms with Crippen LogP contribution in [-0.2, 0) is 28.0 Å². The number of rotatable bonds is 26. The van der Waals surface area contributed by atoms with Crippen molar-refractivity contribution in [3.05, 3.63) is 0 Å². The van der Waals surface area contributed by atoms with Gasteiger partial charge in [0.2, 0.25) is 0 Å². The van der Waals surface area contributed by atoms with Crippen molar-refractivity contribution in [1.82, 2.24) is 0 Å². The Morgan fingerprint density at radius 2 is 0.757 bits per heavy atom. The van der Waals surface area contributed by atoms with Crippen molar-refractivity contribution in [3.63, 3.8) is 0 Å². The molecule has 6 nitrogen and oxygen atoms in total. The molecule has 0 aliphatic rings. The lowest BCUT2D eigenvalue weighted by Crippen LogP contribution is -2.36. The van der Waals surface area contributed by atoms with Gasteiger partial charge in [-0.2, -0.15) is 0 Å². The largest absolute Gasteiger partial charge is 0.381 e. The first-order chi connectivity index (χ1) is 17.5. The normalized spacial score (nSPS) is 19.0. The smallest absolute Gasteiger partial charge is 0.155 e. The molecule has 37 heavy (non-hydrogen) atoms. The Hall–Kier alpha value is 3.07. The Morgan fingerprint density at radius 1 is 0.514 bits per heavy atom. The quantitative estimate of drug-likeness (QED) is 0.0493. The highest BCUT2D eigenvalue weighted by atomic mass is 79.9. The van der Waals surface area contributed by atoms with Crippen LogP contribution in [0.1, 0.15) is 53.4 Å². The predicted octanol–water partition coefficient (Wildman–Crippen LogP) is 8.56. The molecule has 4 unspecified atom stereocenters. The molecule has 0 aromatic rings. The van der Waals surface area contributed by atoms with E-state index in [9.17, 15) is 0 Å². The van der Waals surface area contributed by atoms with Crippen LogP contribution in [-0.4, -0.2) is 94.0 Å². The molecule has 0 bridgehead atoms. The molecule has 224 valence electrons. The van der Waals surface area contributed by atoms with Gasteiger partial charge in [-0.05, 0) is 53.4 Å². The summed E-state index contributed by atoms with van der Waals surface area (Å²) >= 11 is 23.0. The molecule has 0 heterocycles. The highest BCUT2D eigenvalue weighted by Gasteiger charge is 2.34. The van der Waals surface area contributed by atoms with Crippen molar-refractivity contribution in [3.8, 4) is 0 Å². The van der Waals surface area contributed by atoms with Gasteiger partial charge in [-0.25, -0.2) is 0 Å². The van der Waals surface area contributed by atoms with Crippen LogP contribution in [0, 0.1) is 0 Å². The van der Waals surface area contributed by atoms with Crippen LogP contribution >= 0.6 is 105 Å². The summed E-state index contributed by atoms with van der Waals surface area (Å²) in [5.74, 6) is 0. The zero-order valence-corrected chi connectivity index (χ0v) is 32.9. The third-order valence-electron chi connectivity index (χ3n) is 5.14. The van der Waals surface area contributed by atoms with Gasteiger partial charge in [0, 0.05) is 45.7 Å². The third kappa shape index (κ3) is 22.3. The van der Waals surface area contributed by atoms with E-state index in [4.69, 9.17) is 28.0 Å². The first-order valence-corrected chi connectivity index (χ1v) is 18.8. The molecule has 0 aliphatic carbocycles. The topological polar surface area (TPSA) is 55.4 Å². The van der Waals surface area contributed by atoms with Crippen molar-refractivity contribution in [2.24, 2.45) is 0 Å². The van der Waals surface area contributed by atoms with Gasteiger partial charge in [-0.3, -0.25) is 0 Å². The van der Waals surface area contributed by atoms with E-state index in [2.05, 4.69) is 95.6 Å². The number of halogens is 6. The monoisotopic (exact) mass is 934 g/mol. The maximum atomic E-state index is 6.09. The van der Waals surface area contributed by atoms with E-state index < -0.39 is 0 Å². The second-order valence-electron chi connectivity index (χ2n) is 8.81. The number of alkyl halides is 6. The maximum absolute atomic E-state index is 6.09. The fourth-order valence-corrected chi connectivity index (χ4v) is 11.5. The summed E-state index contributed by atoms with van der Waals surface area (Å²) < 4.78 is 34.1. The summed E-state index contributed by atoms with van der Waals surface area (Å²) in [6.07, 6.45) is 3.39. The van der Waals surface area contributed by atoms with E-state index in [1.165, 1.54) is 0 Å². The Morgan fingerprint density at radius 3 is 0.973 bits per heavy atom. The van der Waals surface area contributed by atoms with Crippen LogP contribution in [0.2, 0.25) is 0 Å². The highest BCUT2D eigenvalue weighted by Crippen LogP contribution is 2.39.